The summed E-state index contributed by atoms with van der Waals surface area (Å²) >= 11 is 9.96. The second-order valence-corrected chi connectivity index (χ2v) is 1.61. The lowest BCUT2D eigenvalue weighted by Crippen LogP contribution is -2.11. The Bertz CT molecular complexity index is 42.7. The van der Waals surface area contributed by atoms with Crippen molar-refractivity contribution in [2.45, 2.75) is 0 Å². The van der Waals surface area contributed by atoms with Crippen LogP contribution in [-0.2, 0) is 4.84 Å². The van der Waals surface area contributed by atoms with E-state index in [2.05, 4.69) is 4.84 Å². The van der Waals surface area contributed by atoms with Crippen LogP contribution >= 0.6 is 23.6 Å². The van der Waals surface area contributed by atoms with Gasteiger partial charge in [0.1, 0.15) is 0 Å². The van der Waals surface area contributed by atoms with E-state index in [-0.39, 0.29) is 0 Å². The number of halogens is 2. The molecule has 0 aromatic heterocycles. The van der Waals surface area contributed by atoms with Gasteiger partial charge in [-0.2, -0.15) is 0 Å². The fourth-order valence-corrected chi connectivity index (χ4v) is 0.260. The maximum absolute atomic E-state index is 5.01. The first-order valence-electron chi connectivity index (χ1n) is 1.72. The van der Waals surface area contributed by atoms with Gasteiger partial charge in [-0.05, 0) is 4.10 Å². The van der Waals surface area contributed by atoms with Gasteiger partial charge in [0.25, 0.3) is 0 Å². The molecular formula is C2H6Cl2N2O. The summed E-state index contributed by atoms with van der Waals surface area (Å²) in [6.45, 7) is 0.753. The van der Waals surface area contributed by atoms with Gasteiger partial charge in [-0.15, -0.1) is 0 Å². The van der Waals surface area contributed by atoms with Gasteiger partial charge in [-0.1, -0.05) is 0 Å². The fraction of sp³-hybridized carbons (Fsp3) is 1.00. The molecule has 0 rings (SSSR count). The second-order valence-electron chi connectivity index (χ2n) is 0.824. The van der Waals surface area contributed by atoms with E-state index in [0.29, 0.717) is 17.3 Å². The van der Waals surface area contributed by atoms with E-state index in [4.69, 9.17) is 29.3 Å². The Hall–Kier alpha value is 0.460. The predicted octanol–water partition coefficient (Wildman–Crippen LogP) is 0.486. The normalized spacial score (nSPS) is 10.3. The highest BCUT2D eigenvalue weighted by atomic mass is 35.5. The van der Waals surface area contributed by atoms with Crippen molar-refractivity contribution in [3.8, 4) is 0 Å². The Morgan fingerprint density at radius 1 is 1.57 bits per heavy atom. The average molecular weight is 145 g/mol. The van der Waals surface area contributed by atoms with Crippen molar-refractivity contribution >= 4 is 23.6 Å². The summed E-state index contributed by atoms with van der Waals surface area (Å²) in [6, 6.07) is 0. The lowest BCUT2D eigenvalue weighted by atomic mass is 10.8. The summed E-state index contributed by atoms with van der Waals surface area (Å²) in [7, 11) is 0. The molecule has 7 heavy (non-hydrogen) atoms. The Labute approximate surface area is 52.1 Å². The molecule has 44 valence electrons. The molecule has 0 bridgehead atoms. The monoisotopic (exact) mass is 144 g/mol. The van der Waals surface area contributed by atoms with Gasteiger partial charge >= 0.3 is 0 Å². The van der Waals surface area contributed by atoms with Gasteiger partial charge in [0.2, 0.25) is 0 Å². The molecule has 0 aliphatic heterocycles. The average Bonchev–Trinajstić information content (AvgIpc) is 1.61. The van der Waals surface area contributed by atoms with Crippen molar-refractivity contribution in [3.05, 3.63) is 0 Å². The summed E-state index contributed by atoms with van der Waals surface area (Å²) in [6.07, 6.45) is 0. The maximum Gasteiger partial charge on any atom is 0.0837 e. The van der Waals surface area contributed by atoms with Gasteiger partial charge in [0.05, 0.1) is 6.61 Å². The highest BCUT2D eigenvalue weighted by molar-refractivity contribution is 6.32. The van der Waals surface area contributed by atoms with Crippen LogP contribution in [0, 0.1) is 0 Å². The van der Waals surface area contributed by atoms with E-state index >= 15 is 0 Å². The van der Waals surface area contributed by atoms with E-state index in [1.165, 1.54) is 0 Å². The Balaban J connectivity index is 2.68. The van der Waals surface area contributed by atoms with E-state index in [9.17, 15) is 0 Å². The smallest absolute Gasteiger partial charge is 0.0837 e. The molecule has 5 heteroatoms. The predicted molar refractivity (Wildman–Crippen MR) is 28.6 cm³/mol. The summed E-state index contributed by atoms with van der Waals surface area (Å²) in [5.74, 6) is 0. The Morgan fingerprint density at radius 3 is 2.29 bits per heavy atom. The molecule has 0 atom stereocenters. The van der Waals surface area contributed by atoms with Crippen molar-refractivity contribution in [3.63, 3.8) is 0 Å². The largest absolute Gasteiger partial charge is 0.328 e. The summed E-state index contributed by atoms with van der Waals surface area (Å²) in [5, 5.41) is 0. The van der Waals surface area contributed by atoms with Crippen LogP contribution in [0.2, 0.25) is 0 Å². The minimum Gasteiger partial charge on any atom is -0.328 e. The van der Waals surface area contributed by atoms with E-state index in [0.717, 1.165) is 0 Å². The molecule has 0 aliphatic carbocycles. The zero-order valence-electron chi connectivity index (χ0n) is 3.60. The van der Waals surface area contributed by atoms with Crippen LogP contribution in [0.5, 0.6) is 0 Å². The summed E-state index contributed by atoms with van der Waals surface area (Å²) in [5.41, 5.74) is 5.01. The Morgan fingerprint density at radius 2 is 2.14 bits per heavy atom. The minimum absolute atomic E-state index is 0.340. The number of hydrogen-bond acceptors (Lipinski definition) is 3. The number of nitrogens with zero attached hydrogens (tertiary/aromatic N) is 1. The van der Waals surface area contributed by atoms with E-state index in [1.54, 1.807) is 0 Å². The van der Waals surface area contributed by atoms with Crippen molar-refractivity contribution in [1.29, 1.82) is 0 Å². The van der Waals surface area contributed by atoms with Crippen LogP contribution in [0.3, 0.4) is 0 Å². The molecule has 0 aliphatic rings. The SMILES string of the molecule is NCCON(Cl)Cl. The minimum atomic E-state index is 0.340. The molecule has 0 unspecified atom stereocenters. The number of nitrogens with two attached hydrogens (primary N) is 1. The molecule has 3 nitrogen and oxygen atoms in total. The summed E-state index contributed by atoms with van der Waals surface area (Å²) < 4.78 is 0.576. The standard InChI is InChI=1S/C2H6Cl2N2O/c3-6(4)7-2-1-5/h1-2,5H2. The lowest BCUT2D eigenvalue weighted by molar-refractivity contribution is -0.00756. The highest BCUT2D eigenvalue weighted by Crippen LogP contribution is 1.96. The first-order valence-corrected chi connectivity index (χ1v) is 2.39. The van der Waals surface area contributed by atoms with E-state index in [1.807, 2.05) is 0 Å². The molecular weight excluding hydrogens is 139 g/mol. The van der Waals surface area contributed by atoms with E-state index < -0.39 is 0 Å². The third-order valence-electron chi connectivity index (χ3n) is 0.307. The topological polar surface area (TPSA) is 38.5 Å². The fourth-order valence-electron chi connectivity index (χ4n) is 0.122. The first kappa shape index (κ1) is 7.46. The first-order chi connectivity index (χ1) is 3.27. The third-order valence-corrected chi connectivity index (χ3v) is 0.502. The molecule has 0 fully saturated rings. The Kier molecular flexibility index (Phi) is 4.92. The van der Waals surface area contributed by atoms with Gasteiger partial charge in [0.15, 0.2) is 0 Å². The molecule has 0 radical (unpaired) electrons. The van der Waals surface area contributed by atoms with Crippen molar-refractivity contribution in [2.75, 3.05) is 13.2 Å². The van der Waals surface area contributed by atoms with Crippen LogP contribution in [0.25, 0.3) is 0 Å². The molecule has 0 aromatic carbocycles. The third kappa shape index (κ3) is 6.46. The van der Waals surface area contributed by atoms with Gasteiger partial charge in [-0.25, -0.2) is 0 Å². The van der Waals surface area contributed by atoms with Crippen LogP contribution in [-0.4, -0.2) is 17.3 Å². The summed E-state index contributed by atoms with van der Waals surface area (Å²) in [4.78, 5) is 4.43. The molecule has 0 amide bonds. The van der Waals surface area contributed by atoms with Gasteiger partial charge in [-0.3, -0.25) is 4.84 Å². The van der Waals surface area contributed by atoms with Crippen LogP contribution in [0.4, 0.5) is 0 Å². The zero-order chi connectivity index (χ0) is 5.70. The maximum atomic E-state index is 5.01. The van der Waals surface area contributed by atoms with Crippen LogP contribution in [0.1, 0.15) is 0 Å². The molecule has 0 heterocycles. The van der Waals surface area contributed by atoms with Crippen molar-refractivity contribution in [1.82, 2.24) is 4.10 Å². The zero-order valence-corrected chi connectivity index (χ0v) is 5.11. The van der Waals surface area contributed by atoms with Gasteiger partial charge < -0.3 is 5.73 Å². The van der Waals surface area contributed by atoms with Crippen molar-refractivity contribution < 1.29 is 4.84 Å². The lowest BCUT2D eigenvalue weighted by Gasteiger charge is -1.99. The van der Waals surface area contributed by atoms with Crippen LogP contribution < -0.4 is 5.73 Å². The molecule has 0 saturated carbocycles. The number of hydrogen-bond donors (Lipinski definition) is 1. The molecule has 0 saturated heterocycles. The molecule has 0 spiro atoms. The molecule has 2 N–H and O–H groups in total. The molecule has 0 aromatic rings. The second kappa shape index (κ2) is 4.61. The van der Waals surface area contributed by atoms with Crippen molar-refractivity contribution in [2.24, 2.45) is 5.73 Å². The van der Waals surface area contributed by atoms with Crippen LogP contribution in [0.15, 0.2) is 0 Å². The quantitative estimate of drug-likeness (QED) is 0.463. The highest BCUT2D eigenvalue weighted by Gasteiger charge is 1.89. The number of rotatable bonds is 3. The van der Waals surface area contributed by atoms with Gasteiger partial charge in [0, 0.05) is 30.1 Å².